The van der Waals surface area contributed by atoms with Gasteiger partial charge in [-0.1, -0.05) is 11.6 Å². The minimum Gasteiger partial charge on any atom is -0.480 e. The van der Waals surface area contributed by atoms with Crippen LogP contribution in [-0.4, -0.2) is 39.9 Å². The van der Waals surface area contributed by atoms with Crippen molar-refractivity contribution in [3.63, 3.8) is 0 Å². The van der Waals surface area contributed by atoms with Gasteiger partial charge in [0.1, 0.15) is 12.2 Å². The number of aromatic nitrogens is 3. The van der Waals surface area contributed by atoms with Crippen LogP contribution < -0.4 is 20.7 Å². The van der Waals surface area contributed by atoms with Crippen LogP contribution in [0.4, 0.5) is 16.2 Å². The molecule has 0 aliphatic carbocycles. The molecule has 0 fully saturated rings. The van der Waals surface area contributed by atoms with Crippen LogP contribution in [0.15, 0.2) is 18.5 Å². The van der Waals surface area contributed by atoms with Gasteiger partial charge in [-0.3, -0.25) is 4.79 Å². The zero-order chi connectivity index (χ0) is 17.8. The summed E-state index contributed by atoms with van der Waals surface area (Å²) in [7, 11) is 0. The summed E-state index contributed by atoms with van der Waals surface area (Å²) >= 11 is 6.12. The summed E-state index contributed by atoms with van der Waals surface area (Å²) in [4.78, 5) is 23.4. The highest BCUT2D eigenvalue weighted by atomic mass is 35.5. The van der Waals surface area contributed by atoms with Crippen molar-refractivity contribution in [3.05, 3.63) is 29.3 Å². The number of rotatable bonds is 5. The lowest BCUT2D eigenvalue weighted by molar-refractivity contribution is -0.118. The molecule has 0 bridgehead atoms. The van der Waals surface area contributed by atoms with Crippen LogP contribution in [0.1, 0.15) is 12.7 Å². The third-order valence-electron chi connectivity index (χ3n) is 3.59. The second kappa shape index (κ2) is 7.39. The van der Waals surface area contributed by atoms with Gasteiger partial charge in [0.05, 0.1) is 10.7 Å². The average Bonchev–Trinajstić information content (AvgIpc) is 3.02. The largest absolute Gasteiger partial charge is 0.480 e. The normalized spacial score (nSPS) is 12.8. The predicted molar refractivity (Wildman–Crippen MR) is 92.0 cm³/mol. The number of amides is 3. The van der Waals surface area contributed by atoms with E-state index in [0.29, 0.717) is 35.1 Å². The van der Waals surface area contributed by atoms with Gasteiger partial charge >= 0.3 is 6.03 Å². The zero-order valence-electron chi connectivity index (χ0n) is 13.5. The molecule has 0 radical (unpaired) electrons. The lowest BCUT2D eigenvalue weighted by Gasteiger charge is -2.20. The SMILES string of the molecule is CCn1cnnc1CCNC(=O)Nc1cc(Cl)c2c(c1)NC(=O)CO2. The van der Waals surface area contributed by atoms with E-state index in [-0.39, 0.29) is 18.5 Å². The van der Waals surface area contributed by atoms with Gasteiger partial charge in [-0.2, -0.15) is 0 Å². The highest BCUT2D eigenvalue weighted by Gasteiger charge is 2.20. The molecule has 2 aromatic rings. The predicted octanol–water partition coefficient (Wildman–Crippen LogP) is 1.65. The minimum absolute atomic E-state index is 0.0810. The molecule has 9 nitrogen and oxygen atoms in total. The zero-order valence-corrected chi connectivity index (χ0v) is 14.3. The smallest absolute Gasteiger partial charge is 0.319 e. The van der Waals surface area contributed by atoms with Gasteiger partial charge in [0.15, 0.2) is 12.4 Å². The van der Waals surface area contributed by atoms with Crippen molar-refractivity contribution >= 4 is 34.9 Å². The molecule has 10 heteroatoms. The summed E-state index contributed by atoms with van der Waals surface area (Å²) in [6.07, 6.45) is 2.22. The molecule has 1 aliphatic heterocycles. The molecule has 1 aliphatic rings. The first-order valence-corrected chi connectivity index (χ1v) is 8.12. The maximum Gasteiger partial charge on any atom is 0.319 e. The molecule has 0 saturated heterocycles. The van der Waals surface area contributed by atoms with E-state index in [0.717, 1.165) is 12.4 Å². The molecule has 0 atom stereocenters. The first-order valence-electron chi connectivity index (χ1n) is 7.74. The van der Waals surface area contributed by atoms with E-state index >= 15 is 0 Å². The van der Waals surface area contributed by atoms with Crippen LogP contribution in [0.2, 0.25) is 5.02 Å². The molecule has 25 heavy (non-hydrogen) atoms. The van der Waals surface area contributed by atoms with Gasteiger partial charge in [-0.05, 0) is 19.1 Å². The Morgan fingerprint density at radius 1 is 1.48 bits per heavy atom. The molecule has 1 aromatic carbocycles. The molecule has 0 saturated carbocycles. The van der Waals surface area contributed by atoms with E-state index in [9.17, 15) is 9.59 Å². The van der Waals surface area contributed by atoms with E-state index in [2.05, 4.69) is 26.1 Å². The van der Waals surface area contributed by atoms with Gasteiger partial charge in [-0.15, -0.1) is 10.2 Å². The van der Waals surface area contributed by atoms with Gasteiger partial charge in [0, 0.05) is 25.2 Å². The molecule has 1 aromatic heterocycles. The number of ether oxygens (including phenoxy) is 1. The van der Waals surface area contributed by atoms with E-state index in [4.69, 9.17) is 16.3 Å². The fourth-order valence-corrected chi connectivity index (χ4v) is 2.70. The second-order valence-corrected chi connectivity index (χ2v) is 5.74. The highest BCUT2D eigenvalue weighted by Crippen LogP contribution is 2.38. The Morgan fingerprint density at radius 3 is 3.12 bits per heavy atom. The quantitative estimate of drug-likeness (QED) is 0.747. The third kappa shape index (κ3) is 4.00. The Bertz CT molecular complexity index is 807. The number of anilines is 2. The number of fused-ring (bicyclic) bond motifs is 1. The molecule has 2 heterocycles. The van der Waals surface area contributed by atoms with E-state index in [1.165, 1.54) is 0 Å². The average molecular weight is 365 g/mol. The van der Waals surface area contributed by atoms with Crippen molar-refractivity contribution in [2.45, 2.75) is 19.9 Å². The van der Waals surface area contributed by atoms with E-state index < -0.39 is 0 Å². The van der Waals surface area contributed by atoms with Gasteiger partial charge < -0.3 is 25.3 Å². The Balaban J connectivity index is 1.57. The Hall–Kier alpha value is -2.81. The summed E-state index contributed by atoms with van der Waals surface area (Å²) in [5.41, 5.74) is 0.874. The Kier molecular flexibility index (Phi) is 5.03. The maximum atomic E-state index is 12.0. The highest BCUT2D eigenvalue weighted by molar-refractivity contribution is 6.33. The Morgan fingerprint density at radius 2 is 2.32 bits per heavy atom. The van der Waals surface area contributed by atoms with Crippen molar-refractivity contribution < 1.29 is 14.3 Å². The Labute approximate surface area is 148 Å². The lowest BCUT2D eigenvalue weighted by Crippen LogP contribution is -2.31. The number of halogens is 1. The molecular weight excluding hydrogens is 348 g/mol. The van der Waals surface area contributed by atoms with Crippen molar-refractivity contribution in [2.24, 2.45) is 0 Å². The molecule has 3 amide bonds. The fraction of sp³-hybridized carbons (Fsp3) is 0.333. The number of aryl methyl sites for hydroxylation is 1. The molecule has 132 valence electrons. The summed E-state index contributed by atoms with van der Waals surface area (Å²) in [5.74, 6) is 0.927. The van der Waals surface area contributed by atoms with Gasteiger partial charge in [0.25, 0.3) is 5.91 Å². The van der Waals surface area contributed by atoms with Gasteiger partial charge in [0.2, 0.25) is 0 Å². The van der Waals surface area contributed by atoms with Crippen LogP contribution in [-0.2, 0) is 17.8 Å². The van der Waals surface area contributed by atoms with Crippen molar-refractivity contribution in [1.29, 1.82) is 0 Å². The standard InChI is InChI=1S/C15H17ClN6O3/c1-2-22-8-18-21-12(22)3-4-17-15(24)19-9-5-10(16)14-11(6-9)20-13(23)7-25-14/h5-6,8H,2-4,7H2,1H3,(H,20,23)(H2,17,19,24). The number of nitrogens with one attached hydrogen (secondary N) is 3. The summed E-state index contributed by atoms with van der Waals surface area (Å²) in [6, 6.07) is 2.76. The number of benzene rings is 1. The number of carbonyl (C=O) groups excluding carboxylic acids is 2. The topological polar surface area (TPSA) is 110 Å². The van der Waals surface area contributed by atoms with Crippen LogP contribution in [0, 0.1) is 0 Å². The lowest BCUT2D eigenvalue weighted by atomic mass is 10.2. The first-order chi connectivity index (χ1) is 12.1. The number of nitrogens with zero attached hydrogens (tertiary/aromatic N) is 3. The van der Waals surface area contributed by atoms with Crippen LogP contribution in [0.5, 0.6) is 5.75 Å². The van der Waals surface area contributed by atoms with Crippen LogP contribution in [0.3, 0.4) is 0 Å². The summed E-state index contributed by atoms with van der Waals surface area (Å²) in [5, 5.41) is 16.2. The number of carbonyl (C=O) groups is 2. The monoisotopic (exact) mass is 364 g/mol. The first kappa shape index (κ1) is 17.0. The summed E-state index contributed by atoms with van der Waals surface area (Å²) in [6.45, 7) is 3.09. The molecular formula is C15H17ClN6O3. The van der Waals surface area contributed by atoms with Crippen molar-refractivity contribution in [1.82, 2.24) is 20.1 Å². The van der Waals surface area contributed by atoms with Crippen molar-refractivity contribution in [2.75, 3.05) is 23.8 Å². The number of hydrogen-bond donors (Lipinski definition) is 3. The fourth-order valence-electron chi connectivity index (χ4n) is 2.43. The molecule has 0 spiro atoms. The van der Waals surface area contributed by atoms with Crippen LogP contribution >= 0.6 is 11.6 Å². The summed E-state index contributed by atoms with van der Waals surface area (Å²) < 4.78 is 7.18. The maximum absolute atomic E-state index is 12.0. The van der Waals surface area contributed by atoms with Crippen molar-refractivity contribution in [3.8, 4) is 5.75 Å². The number of urea groups is 1. The van der Waals surface area contributed by atoms with E-state index in [1.807, 2.05) is 11.5 Å². The third-order valence-corrected chi connectivity index (χ3v) is 3.87. The minimum atomic E-state index is -0.387. The van der Waals surface area contributed by atoms with Crippen LogP contribution in [0.25, 0.3) is 0 Å². The molecule has 3 rings (SSSR count). The van der Waals surface area contributed by atoms with E-state index in [1.54, 1.807) is 18.5 Å². The molecule has 0 unspecified atom stereocenters. The molecule has 3 N–H and O–H groups in total. The second-order valence-electron chi connectivity index (χ2n) is 5.34. The van der Waals surface area contributed by atoms with Gasteiger partial charge in [-0.25, -0.2) is 4.79 Å². The number of hydrogen-bond acceptors (Lipinski definition) is 5.